The second-order valence-corrected chi connectivity index (χ2v) is 8.50. The first-order valence-corrected chi connectivity index (χ1v) is 10.6. The minimum absolute atomic E-state index is 0.0113. The maximum atomic E-state index is 13.0. The van der Waals surface area contributed by atoms with Gasteiger partial charge < -0.3 is 15.1 Å². The molecule has 0 aliphatic carbocycles. The number of carbonyl (C=O) groups excluding carboxylic acids is 2. The van der Waals surface area contributed by atoms with Crippen molar-refractivity contribution in [3.05, 3.63) is 65.2 Å². The lowest BCUT2D eigenvalue weighted by Gasteiger charge is -2.25. The van der Waals surface area contributed by atoms with E-state index in [9.17, 15) is 9.59 Å². The minimum atomic E-state index is 0.0113. The number of carbonyl (C=O) groups is 2. The first-order valence-electron chi connectivity index (χ1n) is 10.6. The van der Waals surface area contributed by atoms with Crippen molar-refractivity contribution in [1.82, 2.24) is 10.2 Å². The molecular weight excluding hydrogens is 374 g/mol. The van der Waals surface area contributed by atoms with Gasteiger partial charge in [-0.15, -0.1) is 0 Å². The monoisotopic (exact) mass is 409 g/mol. The highest BCUT2D eigenvalue weighted by atomic mass is 16.2. The Morgan fingerprint density at radius 2 is 1.67 bits per heavy atom. The number of anilines is 1. The molecule has 5 nitrogen and oxygen atoms in total. The van der Waals surface area contributed by atoms with Crippen LogP contribution in [0.25, 0.3) is 0 Å². The lowest BCUT2D eigenvalue weighted by molar-refractivity contribution is -0.120. The van der Waals surface area contributed by atoms with E-state index in [1.165, 1.54) is 5.56 Å². The van der Waals surface area contributed by atoms with Crippen LogP contribution in [0.4, 0.5) is 5.69 Å². The predicted molar refractivity (Wildman–Crippen MR) is 124 cm³/mol. The molecule has 0 heterocycles. The van der Waals surface area contributed by atoms with Crippen LogP contribution in [0, 0.1) is 12.8 Å². The highest BCUT2D eigenvalue weighted by Gasteiger charge is 2.18. The fraction of sp³-hybridized carbons (Fsp3) is 0.440. The van der Waals surface area contributed by atoms with Crippen molar-refractivity contribution >= 4 is 17.5 Å². The van der Waals surface area contributed by atoms with Gasteiger partial charge in [-0.25, -0.2) is 0 Å². The molecule has 1 N–H and O–H groups in total. The van der Waals surface area contributed by atoms with E-state index in [2.05, 4.69) is 38.2 Å². The van der Waals surface area contributed by atoms with E-state index in [1.54, 1.807) is 0 Å². The summed E-state index contributed by atoms with van der Waals surface area (Å²) in [5, 5.41) is 2.93. The lowest BCUT2D eigenvalue weighted by atomic mass is 10.1. The van der Waals surface area contributed by atoms with Gasteiger partial charge in [-0.1, -0.05) is 50.2 Å². The number of hydrogen-bond acceptors (Lipinski definition) is 3. The summed E-state index contributed by atoms with van der Waals surface area (Å²) < 4.78 is 0. The van der Waals surface area contributed by atoms with E-state index in [0.29, 0.717) is 31.8 Å². The summed E-state index contributed by atoms with van der Waals surface area (Å²) in [5.74, 6) is 0.418. The van der Waals surface area contributed by atoms with Crippen LogP contribution in [0.2, 0.25) is 0 Å². The van der Waals surface area contributed by atoms with Gasteiger partial charge in [0.05, 0.1) is 13.0 Å². The zero-order valence-electron chi connectivity index (χ0n) is 18.9. The average molecular weight is 410 g/mol. The standard InChI is InChI=1S/C25H35N3O2/c1-19(2)16-25(30)28(18-22-9-7-6-8-20(22)3)23-12-10-21(11-13-23)17-24(29)26-14-15-27(4)5/h6-13,19H,14-18H2,1-5H3,(H,26,29). The van der Waals surface area contributed by atoms with E-state index in [1.807, 2.05) is 60.3 Å². The highest BCUT2D eigenvalue weighted by Crippen LogP contribution is 2.22. The fourth-order valence-electron chi connectivity index (χ4n) is 3.20. The molecule has 0 aromatic heterocycles. The number of amides is 2. The Balaban J connectivity index is 2.11. The summed E-state index contributed by atoms with van der Waals surface area (Å²) in [4.78, 5) is 29.0. The normalized spacial score (nSPS) is 11.0. The SMILES string of the molecule is Cc1ccccc1CN(C(=O)CC(C)C)c1ccc(CC(=O)NCCN(C)C)cc1. The molecule has 5 heteroatoms. The Labute approximate surface area is 181 Å². The quantitative estimate of drug-likeness (QED) is 0.649. The van der Waals surface area contributed by atoms with Crippen LogP contribution in [-0.2, 0) is 22.6 Å². The van der Waals surface area contributed by atoms with E-state index in [4.69, 9.17) is 0 Å². The van der Waals surface area contributed by atoms with Crippen molar-refractivity contribution in [2.45, 2.75) is 40.2 Å². The molecule has 30 heavy (non-hydrogen) atoms. The van der Waals surface area contributed by atoms with Crippen LogP contribution in [-0.4, -0.2) is 43.9 Å². The zero-order valence-corrected chi connectivity index (χ0v) is 18.9. The molecule has 162 valence electrons. The third kappa shape index (κ3) is 7.64. The zero-order chi connectivity index (χ0) is 22.1. The Kier molecular flexibility index (Phi) is 9.06. The Bertz CT molecular complexity index is 829. The number of nitrogens with one attached hydrogen (secondary N) is 1. The topological polar surface area (TPSA) is 52.7 Å². The second-order valence-electron chi connectivity index (χ2n) is 8.50. The molecule has 0 saturated heterocycles. The molecule has 0 aliphatic heterocycles. The van der Waals surface area contributed by atoms with Gasteiger partial charge in [0.25, 0.3) is 0 Å². The summed E-state index contributed by atoms with van der Waals surface area (Å²) in [6.45, 7) is 8.18. The number of rotatable bonds is 10. The first kappa shape index (κ1) is 23.6. The molecule has 0 fully saturated rings. The molecule has 2 aromatic rings. The lowest BCUT2D eigenvalue weighted by Crippen LogP contribution is -2.32. The Hall–Kier alpha value is -2.66. The van der Waals surface area contributed by atoms with Gasteiger partial charge in [0.15, 0.2) is 0 Å². The third-order valence-corrected chi connectivity index (χ3v) is 4.97. The van der Waals surface area contributed by atoms with Gasteiger partial charge in [0, 0.05) is 25.2 Å². The molecular formula is C25H35N3O2. The van der Waals surface area contributed by atoms with Gasteiger partial charge in [-0.2, -0.15) is 0 Å². The molecule has 0 aliphatic rings. The van der Waals surface area contributed by atoms with E-state index < -0.39 is 0 Å². The van der Waals surface area contributed by atoms with Crippen LogP contribution < -0.4 is 10.2 Å². The van der Waals surface area contributed by atoms with Gasteiger partial charge in [-0.05, 0) is 55.8 Å². The van der Waals surface area contributed by atoms with Crippen LogP contribution in [0.3, 0.4) is 0 Å². The predicted octanol–water partition coefficient (Wildman–Crippen LogP) is 3.79. The highest BCUT2D eigenvalue weighted by molar-refractivity contribution is 5.93. The van der Waals surface area contributed by atoms with E-state index >= 15 is 0 Å². The Morgan fingerprint density at radius 1 is 1.00 bits per heavy atom. The van der Waals surface area contributed by atoms with Crippen molar-refractivity contribution in [2.75, 3.05) is 32.1 Å². The summed E-state index contributed by atoms with van der Waals surface area (Å²) in [6, 6.07) is 15.9. The van der Waals surface area contributed by atoms with Crippen molar-refractivity contribution in [1.29, 1.82) is 0 Å². The first-order chi connectivity index (χ1) is 14.3. The van der Waals surface area contributed by atoms with Crippen LogP contribution >= 0.6 is 0 Å². The molecule has 2 aromatic carbocycles. The molecule has 2 rings (SSSR count). The summed E-state index contributed by atoms with van der Waals surface area (Å²) >= 11 is 0. The molecule has 0 atom stereocenters. The van der Waals surface area contributed by atoms with Crippen LogP contribution in [0.5, 0.6) is 0 Å². The van der Waals surface area contributed by atoms with Gasteiger partial charge >= 0.3 is 0 Å². The maximum absolute atomic E-state index is 13.0. The summed E-state index contributed by atoms with van der Waals surface area (Å²) in [5.41, 5.74) is 4.11. The second kappa shape index (κ2) is 11.5. The van der Waals surface area contributed by atoms with E-state index in [-0.39, 0.29) is 11.8 Å². The number of likely N-dealkylation sites (N-methyl/N-ethyl adjacent to an activating group) is 1. The maximum Gasteiger partial charge on any atom is 0.227 e. The number of aryl methyl sites for hydroxylation is 1. The van der Waals surface area contributed by atoms with Gasteiger partial charge in [0.1, 0.15) is 0 Å². The van der Waals surface area contributed by atoms with Crippen LogP contribution in [0.15, 0.2) is 48.5 Å². The van der Waals surface area contributed by atoms with Crippen molar-refractivity contribution in [3.63, 3.8) is 0 Å². The molecule has 2 amide bonds. The fourth-order valence-corrected chi connectivity index (χ4v) is 3.20. The van der Waals surface area contributed by atoms with Crippen LogP contribution in [0.1, 0.15) is 37.0 Å². The summed E-state index contributed by atoms with van der Waals surface area (Å²) in [6.07, 6.45) is 0.841. The van der Waals surface area contributed by atoms with Crippen molar-refractivity contribution < 1.29 is 9.59 Å². The number of hydrogen-bond donors (Lipinski definition) is 1. The van der Waals surface area contributed by atoms with Crippen molar-refractivity contribution in [2.24, 2.45) is 5.92 Å². The number of nitrogens with zero attached hydrogens (tertiary/aromatic N) is 2. The largest absolute Gasteiger partial charge is 0.355 e. The van der Waals surface area contributed by atoms with Crippen molar-refractivity contribution in [3.8, 4) is 0 Å². The minimum Gasteiger partial charge on any atom is -0.355 e. The average Bonchev–Trinajstić information content (AvgIpc) is 2.67. The number of benzene rings is 2. The smallest absolute Gasteiger partial charge is 0.227 e. The molecule has 0 radical (unpaired) electrons. The van der Waals surface area contributed by atoms with Gasteiger partial charge in [0.2, 0.25) is 11.8 Å². The molecule has 0 spiro atoms. The third-order valence-electron chi connectivity index (χ3n) is 4.97. The van der Waals surface area contributed by atoms with E-state index in [0.717, 1.165) is 23.4 Å². The molecule has 0 bridgehead atoms. The summed E-state index contributed by atoms with van der Waals surface area (Å²) in [7, 11) is 3.96. The Morgan fingerprint density at radius 3 is 2.27 bits per heavy atom. The molecule has 0 unspecified atom stereocenters. The van der Waals surface area contributed by atoms with Gasteiger partial charge in [-0.3, -0.25) is 9.59 Å². The molecule has 0 saturated carbocycles.